The van der Waals surface area contributed by atoms with E-state index >= 15 is 0 Å². The molecular formula is C23H17ClN4O6S. The second-order valence-electron chi connectivity index (χ2n) is 7.19. The number of carboxylic acid groups (broad SMARTS) is 1. The van der Waals surface area contributed by atoms with Gasteiger partial charge in [0.05, 0.1) is 17.6 Å². The number of nitrogens with one attached hydrogen (secondary N) is 1. The van der Waals surface area contributed by atoms with Gasteiger partial charge in [-0.15, -0.1) is 5.10 Å². The fourth-order valence-electron chi connectivity index (χ4n) is 3.20. The molecule has 2 aromatic heterocycles. The molecule has 2 heterocycles. The summed E-state index contributed by atoms with van der Waals surface area (Å²) in [5.41, 5.74) is 1.82. The summed E-state index contributed by atoms with van der Waals surface area (Å²) < 4.78 is 11.1. The number of nitrogens with zero attached hydrogens (tertiary/aromatic N) is 3. The Morgan fingerprint density at radius 2 is 2.03 bits per heavy atom. The number of nitro groups is 1. The Balaban J connectivity index is 1.61. The number of hydrogen-bond acceptors (Lipinski definition) is 8. The Labute approximate surface area is 207 Å². The van der Waals surface area contributed by atoms with Crippen molar-refractivity contribution in [2.24, 2.45) is 0 Å². The fourth-order valence-corrected chi connectivity index (χ4v) is 4.06. The summed E-state index contributed by atoms with van der Waals surface area (Å²) in [6, 6.07) is 12.7. The van der Waals surface area contributed by atoms with Gasteiger partial charge in [-0.25, -0.2) is 9.78 Å². The Morgan fingerprint density at radius 1 is 1.23 bits per heavy atom. The second kappa shape index (κ2) is 10.0. The van der Waals surface area contributed by atoms with Crippen LogP contribution in [0.3, 0.4) is 0 Å². The second-order valence-corrected chi connectivity index (χ2v) is 8.63. The van der Waals surface area contributed by atoms with Crippen molar-refractivity contribution < 1.29 is 24.0 Å². The number of methoxy groups -OCH3 is 1. The van der Waals surface area contributed by atoms with Gasteiger partial charge in [0.25, 0.3) is 5.69 Å². The van der Waals surface area contributed by atoms with Crippen LogP contribution in [-0.2, 0) is 4.79 Å². The van der Waals surface area contributed by atoms with Crippen molar-refractivity contribution in [3.63, 3.8) is 0 Å². The van der Waals surface area contributed by atoms with E-state index < -0.39 is 10.9 Å². The van der Waals surface area contributed by atoms with E-state index in [0.717, 1.165) is 17.3 Å². The van der Waals surface area contributed by atoms with Crippen LogP contribution in [0.25, 0.3) is 28.8 Å². The van der Waals surface area contributed by atoms with Gasteiger partial charge < -0.3 is 14.3 Å². The van der Waals surface area contributed by atoms with Gasteiger partial charge in [0.1, 0.15) is 22.2 Å². The van der Waals surface area contributed by atoms with Gasteiger partial charge in [0.15, 0.2) is 5.82 Å². The Morgan fingerprint density at radius 3 is 2.74 bits per heavy atom. The molecule has 0 spiro atoms. The zero-order valence-corrected chi connectivity index (χ0v) is 19.9. The number of furan rings is 1. The average molecular weight is 513 g/mol. The third kappa shape index (κ3) is 5.36. The normalized spacial score (nSPS) is 11.5. The van der Waals surface area contributed by atoms with Gasteiger partial charge in [-0.1, -0.05) is 17.7 Å². The highest BCUT2D eigenvalue weighted by atomic mass is 35.5. The largest absolute Gasteiger partial charge is 0.496 e. The van der Waals surface area contributed by atoms with Crippen molar-refractivity contribution in [2.75, 3.05) is 7.11 Å². The van der Waals surface area contributed by atoms with Crippen LogP contribution < -0.4 is 4.74 Å². The zero-order valence-electron chi connectivity index (χ0n) is 18.3. The van der Waals surface area contributed by atoms with E-state index in [-0.39, 0.29) is 21.5 Å². The van der Waals surface area contributed by atoms with Crippen LogP contribution in [0.4, 0.5) is 5.69 Å². The van der Waals surface area contributed by atoms with E-state index in [4.69, 9.17) is 20.8 Å². The summed E-state index contributed by atoms with van der Waals surface area (Å²) >= 11 is 6.90. The predicted molar refractivity (Wildman–Crippen MR) is 130 cm³/mol. The van der Waals surface area contributed by atoms with Crippen LogP contribution in [0.5, 0.6) is 5.75 Å². The predicted octanol–water partition coefficient (Wildman–Crippen LogP) is 5.83. The van der Waals surface area contributed by atoms with Crippen molar-refractivity contribution in [1.29, 1.82) is 0 Å². The summed E-state index contributed by atoms with van der Waals surface area (Å²) in [7, 11) is 1.51. The van der Waals surface area contributed by atoms with Crippen molar-refractivity contribution in [1.82, 2.24) is 15.2 Å². The van der Waals surface area contributed by atoms with Crippen LogP contribution >= 0.6 is 23.4 Å². The molecule has 0 amide bonds. The summed E-state index contributed by atoms with van der Waals surface area (Å²) in [6.07, 6.45) is 1.33. The molecule has 10 nitrogen and oxygen atoms in total. The SMILES string of the molecule is COc1ccc(Cl)cc1-c1nc(S/C(=C\c2ccc(-c3cc([N+](=O)[O-])ccc3C)o2)C(=O)O)n[nH]1. The number of aromatic amines is 1. The number of hydrogen-bond donors (Lipinski definition) is 2. The molecule has 12 heteroatoms. The number of benzene rings is 2. The first-order valence-electron chi connectivity index (χ1n) is 9.99. The molecule has 0 saturated heterocycles. The minimum Gasteiger partial charge on any atom is -0.496 e. The van der Waals surface area contributed by atoms with Gasteiger partial charge in [-0.3, -0.25) is 15.2 Å². The molecule has 0 fully saturated rings. The van der Waals surface area contributed by atoms with Crippen LogP contribution in [-0.4, -0.2) is 38.3 Å². The molecule has 0 aliphatic heterocycles. The minimum absolute atomic E-state index is 0.0717. The quantitative estimate of drug-likeness (QED) is 0.129. The van der Waals surface area contributed by atoms with E-state index in [1.807, 2.05) is 0 Å². The highest BCUT2D eigenvalue weighted by Gasteiger charge is 2.18. The van der Waals surface area contributed by atoms with Gasteiger partial charge in [-0.2, -0.15) is 0 Å². The number of aromatic nitrogens is 3. The third-order valence-electron chi connectivity index (χ3n) is 4.89. The van der Waals surface area contributed by atoms with Crippen LogP contribution in [0.2, 0.25) is 5.02 Å². The number of carboxylic acids is 1. The summed E-state index contributed by atoms with van der Waals surface area (Å²) in [5, 5.41) is 28.3. The first-order chi connectivity index (χ1) is 16.7. The molecule has 0 radical (unpaired) electrons. The van der Waals surface area contributed by atoms with Crippen LogP contribution in [0.1, 0.15) is 11.3 Å². The molecule has 4 rings (SSSR count). The Bertz CT molecular complexity index is 1460. The fraction of sp³-hybridized carbons (Fsp3) is 0.0870. The lowest BCUT2D eigenvalue weighted by molar-refractivity contribution is -0.384. The monoisotopic (exact) mass is 512 g/mol. The maximum Gasteiger partial charge on any atom is 0.342 e. The number of halogens is 1. The lowest BCUT2D eigenvalue weighted by atomic mass is 10.1. The van der Waals surface area contributed by atoms with Crippen molar-refractivity contribution in [3.8, 4) is 28.5 Å². The molecule has 0 aliphatic rings. The molecule has 35 heavy (non-hydrogen) atoms. The minimum atomic E-state index is -1.20. The molecule has 0 saturated carbocycles. The first kappa shape index (κ1) is 24.0. The number of rotatable bonds is 8. The Kier molecular flexibility index (Phi) is 6.90. The summed E-state index contributed by atoms with van der Waals surface area (Å²) in [5.74, 6) is 0.309. The van der Waals surface area contributed by atoms with E-state index in [2.05, 4.69) is 15.2 Å². The lowest BCUT2D eigenvalue weighted by Gasteiger charge is -2.05. The molecule has 178 valence electrons. The average Bonchev–Trinajstić information content (AvgIpc) is 3.48. The van der Waals surface area contributed by atoms with Crippen LogP contribution in [0.15, 0.2) is 63.0 Å². The van der Waals surface area contributed by atoms with Crippen molar-refractivity contribution >= 4 is 41.1 Å². The highest BCUT2D eigenvalue weighted by molar-refractivity contribution is 8.04. The molecule has 0 bridgehead atoms. The van der Waals surface area contributed by atoms with E-state index in [9.17, 15) is 20.0 Å². The van der Waals surface area contributed by atoms with E-state index in [1.165, 1.54) is 25.3 Å². The van der Waals surface area contributed by atoms with Crippen LogP contribution in [0, 0.1) is 17.0 Å². The molecule has 2 aromatic carbocycles. The number of H-pyrrole nitrogens is 1. The third-order valence-corrected chi connectivity index (χ3v) is 6.00. The van der Waals surface area contributed by atoms with E-state index in [1.54, 1.807) is 43.3 Å². The number of carbonyl (C=O) groups is 1. The first-order valence-corrected chi connectivity index (χ1v) is 11.2. The van der Waals surface area contributed by atoms with Gasteiger partial charge >= 0.3 is 5.97 Å². The number of aryl methyl sites for hydroxylation is 1. The molecule has 0 unspecified atom stereocenters. The number of aliphatic carboxylic acids is 1. The molecular weight excluding hydrogens is 496 g/mol. The number of non-ortho nitro benzene ring substituents is 1. The topological polar surface area (TPSA) is 144 Å². The van der Waals surface area contributed by atoms with Crippen molar-refractivity contribution in [3.05, 3.63) is 79.9 Å². The molecule has 0 aliphatic carbocycles. The molecule has 4 aromatic rings. The smallest absolute Gasteiger partial charge is 0.342 e. The van der Waals surface area contributed by atoms with E-state index in [0.29, 0.717) is 33.5 Å². The molecule has 0 atom stereocenters. The Hall–Kier alpha value is -4.09. The van der Waals surface area contributed by atoms with Gasteiger partial charge in [0.2, 0.25) is 5.16 Å². The van der Waals surface area contributed by atoms with Gasteiger partial charge in [0, 0.05) is 28.8 Å². The zero-order chi connectivity index (χ0) is 25.1. The highest BCUT2D eigenvalue weighted by Crippen LogP contribution is 2.34. The maximum atomic E-state index is 11.9. The summed E-state index contributed by atoms with van der Waals surface area (Å²) in [4.78, 5) is 26.7. The maximum absolute atomic E-state index is 11.9. The summed E-state index contributed by atoms with van der Waals surface area (Å²) in [6.45, 7) is 1.80. The standard InChI is InChI=1S/C23H17ClN4O6S/c1-12-3-5-14(28(31)32)10-16(12)19-8-6-15(34-19)11-20(22(29)30)35-23-25-21(26-27-23)17-9-13(24)4-7-18(17)33-2/h3-11H,1-2H3,(H,29,30)(H,25,26,27)/b20-11-. The lowest BCUT2D eigenvalue weighted by Crippen LogP contribution is -1.97. The number of thioether (sulfide) groups is 1. The number of nitro benzene ring substituents is 1. The number of ether oxygens (including phenoxy) is 1. The molecule has 2 N–H and O–H groups in total. The van der Waals surface area contributed by atoms with Gasteiger partial charge in [-0.05, 0) is 54.6 Å². The van der Waals surface area contributed by atoms with Crippen molar-refractivity contribution in [2.45, 2.75) is 12.1 Å².